The number of nitrogens with zero attached hydrogens (tertiary/aromatic N) is 2. The third-order valence-electron chi connectivity index (χ3n) is 3.53. The first-order valence-corrected chi connectivity index (χ1v) is 8.11. The summed E-state index contributed by atoms with van der Waals surface area (Å²) in [5, 5.41) is 4.16. The molecule has 0 fully saturated rings. The van der Waals surface area contributed by atoms with Gasteiger partial charge in [-0.1, -0.05) is 25.4 Å². The lowest BCUT2D eigenvalue weighted by Gasteiger charge is -2.28. The SMILES string of the molecule is CC(C)CC(C)N(C)c1ccc(Cl)c(CNC(C)(C)C)n1. The van der Waals surface area contributed by atoms with Crippen LogP contribution < -0.4 is 10.2 Å². The largest absolute Gasteiger partial charge is 0.357 e. The van der Waals surface area contributed by atoms with E-state index in [9.17, 15) is 0 Å². The van der Waals surface area contributed by atoms with Crippen molar-refractivity contribution in [1.82, 2.24) is 10.3 Å². The van der Waals surface area contributed by atoms with E-state index in [-0.39, 0.29) is 5.54 Å². The molecule has 0 aliphatic carbocycles. The fourth-order valence-electron chi connectivity index (χ4n) is 2.21. The second-order valence-corrected chi connectivity index (χ2v) is 7.70. The summed E-state index contributed by atoms with van der Waals surface area (Å²) in [6.07, 6.45) is 1.15. The molecular weight excluding hydrogens is 282 g/mol. The van der Waals surface area contributed by atoms with Crippen LogP contribution >= 0.6 is 11.6 Å². The Balaban J connectivity index is 2.85. The molecule has 4 heteroatoms. The van der Waals surface area contributed by atoms with E-state index in [0.717, 1.165) is 23.0 Å². The monoisotopic (exact) mass is 311 g/mol. The highest BCUT2D eigenvalue weighted by molar-refractivity contribution is 6.31. The zero-order valence-electron chi connectivity index (χ0n) is 14.5. The summed E-state index contributed by atoms with van der Waals surface area (Å²) in [6, 6.07) is 4.41. The van der Waals surface area contributed by atoms with Gasteiger partial charge in [0.25, 0.3) is 0 Å². The fourth-order valence-corrected chi connectivity index (χ4v) is 2.38. The summed E-state index contributed by atoms with van der Waals surface area (Å²) >= 11 is 6.27. The Morgan fingerprint density at radius 1 is 1.24 bits per heavy atom. The number of rotatable bonds is 6. The van der Waals surface area contributed by atoms with Crippen molar-refractivity contribution < 1.29 is 0 Å². The summed E-state index contributed by atoms with van der Waals surface area (Å²) in [5.41, 5.74) is 0.963. The van der Waals surface area contributed by atoms with E-state index in [1.807, 2.05) is 12.1 Å². The summed E-state index contributed by atoms with van der Waals surface area (Å²) in [5.74, 6) is 1.66. The van der Waals surface area contributed by atoms with Crippen molar-refractivity contribution in [3.05, 3.63) is 22.8 Å². The number of hydrogen-bond acceptors (Lipinski definition) is 3. The van der Waals surface area contributed by atoms with Crippen LogP contribution in [0, 0.1) is 5.92 Å². The maximum absolute atomic E-state index is 6.27. The van der Waals surface area contributed by atoms with Crippen molar-refractivity contribution >= 4 is 17.4 Å². The molecule has 21 heavy (non-hydrogen) atoms. The van der Waals surface area contributed by atoms with Crippen LogP contribution in [-0.4, -0.2) is 23.6 Å². The predicted molar refractivity (Wildman–Crippen MR) is 93.2 cm³/mol. The molecule has 1 rings (SSSR count). The number of halogens is 1. The Bertz CT molecular complexity index is 452. The standard InChI is InChI=1S/C17H30ClN3/c1-12(2)10-13(3)21(7)16-9-8-14(18)15(20-16)11-19-17(4,5)6/h8-9,12-13,19H,10-11H2,1-7H3. The van der Waals surface area contributed by atoms with Gasteiger partial charge in [0.15, 0.2) is 0 Å². The molecule has 0 radical (unpaired) electrons. The van der Waals surface area contributed by atoms with Gasteiger partial charge in [-0.05, 0) is 52.2 Å². The third-order valence-corrected chi connectivity index (χ3v) is 3.87. The van der Waals surface area contributed by atoms with Gasteiger partial charge < -0.3 is 10.2 Å². The van der Waals surface area contributed by atoms with Gasteiger partial charge >= 0.3 is 0 Å². The van der Waals surface area contributed by atoms with Crippen LogP contribution in [-0.2, 0) is 6.54 Å². The normalized spacial score (nSPS) is 13.6. The van der Waals surface area contributed by atoms with Crippen LogP contribution in [0.15, 0.2) is 12.1 Å². The van der Waals surface area contributed by atoms with E-state index in [1.165, 1.54) is 0 Å². The van der Waals surface area contributed by atoms with Gasteiger partial charge in [0, 0.05) is 25.2 Å². The molecule has 1 aromatic rings. The van der Waals surface area contributed by atoms with Gasteiger partial charge in [-0.2, -0.15) is 0 Å². The number of aromatic nitrogens is 1. The molecule has 1 atom stereocenters. The zero-order chi connectivity index (χ0) is 16.2. The minimum absolute atomic E-state index is 0.0534. The van der Waals surface area contributed by atoms with Crippen molar-refractivity contribution in [3.63, 3.8) is 0 Å². The first kappa shape index (κ1) is 18.2. The molecule has 0 saturated carbocycles. The Morgan fingerprint density at radius 3 is 2.38 bits per heavy atom. The second kappa shape index (κ2) is 7.46. The van der Waals surface area contributed by atoms with Gasteiger partial charge in [-0.3, -0.25) is 0 Å². The van der Waals surface area contributed by atoms with E-state index in [0.29, 0.717) is 18.5 Å². The summed E-state index contributed by atoms with van der Waals surface area (Å²) in [4.78, 5) is 6.97. The van der Waals surface area contributed by atoms with E-state index in [4.69, 9.17) is 16.6 Å². The number of nitrogens with one attached hydrogen (secondary N) is 1. The van der Waals surface area contributed by atoms with Crippen LogP contribution in [0.5, 0.6) is 0 Å². The highest BCUT2D eigenvalue weighted by Gasteiger charge is 2.15. The van der Waals surface area contributed by atoms with Crippen LogP contribution in [0.2, 0.25) is 5.02 Å². The Kier molecular flexibility index (Phi) is 6.48. The van der Waals surface area contributed by atoms with Gasteiger partial charge in [-0.15, -0.1) is 0 Å². The topological polar surface area (TPSA) is 28.2 Å². The molecule has 120 valence electrons. The first-order valence-electron chi connectivity index (χ1n) is 7.73. The van der Waals surface area contributed by atoms with Crippen molar-refractivity contribution in [1.29, 1.82) is 0 Å². The molecular formula is C17H30ClN3. The quantitative estimate of drug-likeness (QED) is 0.838. The molecule has 0 aliphatic heterocycles. The maximum atomic E-state index is 6.27. The van der Waals surface area contributed by atoms with E-state index in [2.05, 4.69) is 58.8 Å². The summed E-state index contributed by atoms with van der Waals surface area (Å²) in [6.45, 7) is 13.8. The number of hydrogen-bond donors (Lipinski definition) is 1. The van der Waals surface area contributed by atoms with Crippen LogP contribution in [0.3, 0.4) is 0 Å². The summed E-state index contributed by atoms with van der Waals surface area (Å²) < 4.78 is 0. The Labute approximate surface area is 135 Å². The molecule has 1 heterocycles. The number of pyridine rings is 1. The average molecular weight is 312 g/mol. The van der Waals surface area contributed by atoms with E-state index < -0.39 is 0 Å². The maximum Gasteiger partial charge on any atom is 0.128 e. The molecule has 0 bridgehead atoms. The zero-order valence-corrected chi connectivity index (χ0v) is 15.3. The third kappa shape index (κ3) is 6.23. The van der Waals surface area contributed by atoms with Gasteiger partial charge in [0.05, 0.1) is 10.7 Å². The predicted octanol–water partition coefficient (Wildman–Crippen LogP) is 4.49. The van der Waals surface area contributed by atoms with E-state index >= 15 is 0 Å². The minimum atomic E-state index is 0.0534. The highest BCUT2D eigenvalue weighted by atomic mass is 35.5. The molecule has 0 aliphatic rings. The van der Waals surface area contributed by atoms with Gasteiger partial charge in [0.1, 0.15) is 5.82 Å². The van der Waals surface area contributed by atoms with Crippen molar-refractivity contribution in [2.75, 3.05) is 11.9 Å². The molecule has 0 amide bonds. The fraction of sp³-hybridized carbons (Fsp3) is 0.706. The second-order valence-electron chi connectivity index (χ2n) is 7.29. The van der Waals surface area contributed by atoms with Gasteiger partial charge in [-0.25, -0.2) is 4.98 Å². The lowest BCUT2D eigenvalue weighted by Crippen LogP contribution is -2.36. The van der Waals surface area contributed by atoms with Crippen LogP contribution in [0.4, 0.5) is 5.82 Å². The molecule has 0 saturated heterocycles. The highest BCUT2D eigenvalue weighted by Crippen LogP contribution is 2.22. The Hall–Kier alpha value is -0.800. The van der Waals surface area contributed by atoms with Crippen molar-refractivity contribution in [2.24, 2.45) is 5.92 Å². The van der Waals surface area contributed by atoms with Crippen molar-refractivity contribution in [3.8, 4) is 0 Å². The Morgan fingerprint density at radius 2 is 1.86 bits per heavy atom. The minimum Gasteiger partial charge on any atom is -0.357 e. The lowest BCUT2D eigenvalue weighted by molar-refractivity contribution is 0.421. The molecule has 0 aromatic carbocycles. The summed E-state index contributed by atoms with van der Waals surface area (Å²) in [7, 11) is 2.10. The van der Waals surface area contributed by atoms with Crippen LogP contribution in [0.1, 0.15) is 53.7 Å². The van der Waals surface area contributed by atoms with Crippen molar-refractivity contribution in [2.45, 2.75) is 66.1 Å². The molecule has 3 nitrogen and oxygen atoms in total. The molecule has 1 aromatic heterocycles. The molecule has 0 spiro atoms. The first-order chi connectivity index (χ1) is 9.60. The van der Waals surface area contributed by atoms with Crippen LogP contribution in [0.25, 0.3) is 0 Å². The molecule has 1 N–H and O–H groups in total. The smallest absolute Gasteiger partial charge is 0.128 e. The molecule has 1 unspecified atom stereocenters. The average Bonchev–Trinajstić information content (AvgIpc) is 2.35. The van der Waals surface area contributed by atoms with Gasteiger partial charge in [0.2, 0.25) is 0 Å². The van der Waals surface area contributed by atoms with E-state index in [1.54, 1.807) is 0 Å². The number of anilines is 1. The lowest BCUT2D eigenvalue weighted by atomic mass is 10.0.